The van der Waals surface area contributed by atoms with E-state index in [1.165, 1.54) is 5.57 Å². The van der Waals surface area contributed by atoms with Crippen LogP contribution in [0.15, 0.2) is 23.3 Å². The summed E-state index contributed by atoms with van der Waals surface area (Å²) in [7, 11) is 7.53. The van der Waals surface area contributed by atoms with Crippen molar-refractivity contribution in [2.75, 3.05) is 34.9 Å². The van der Waals surface area contributed by atoms with Crippen molar-refractivity contribution in [3.05, 3.63) is 23.3 Å². The number of allylic oxidation sites excluding steroid dienone is 4. The number of carbonyl (C=O) groups is 2. The average molecular weight is 760 g/mol. The van der Waals surface area contributed by atoms with Crippen LogP contribution in [0.2, 0.25) is 0 Å². The molecule has 0 aromatic heterocycles. The molecular formula is C43H69NO10. The number of fused-ring (bicyclic) bond motifs is 5. The summed E-state index contributed by atoms with van der Waals surface area (Å²) in [5.74, 6) is 0.00892. The smallest absolute Gasteiger partial charge is 0.306 e. The molecule has 6 rings (SSSR count). The Morgan fingerprint density at radius 2 is 1.59 bits per heavy atom. The van der Waals surface area contributed by atoms with Crippen LogP contribution in [-0.2, 0) is 47.5 Å². The highest BCUT2D eigenvalue weighted by Gasteiger charge is 2.54. The first kappa shape index (κ1) is 41.9. The molecule has 0 radical (unpaired) electrons. The van der Waals surface area contributed by atoms with Gasteiger partial charge in [-0.1, -0.05) is 31.6 Å². The Hall–Kier alpha value is -1.70. The molecule has 8 unspecified atom stereocenters. The van der Waals surface area contributed by atoms with E-state index < -0.39 is 12.4 Å². The van der Waals surface area contributed by atoms with E-state index in [0.29, 0.717) is 25.0 Å². The SMILES string of the molecule is CCOC1C(OC)C(C)OC(O[C@H]2C[C@H]3[C@@H]4C=C5C(=O)[C@H](C)[C@@H](OC6CCC(N(C)C)C(C)O6)CCC[C@H](CC)OC(=O)C[C@H]5[C@@H]4C=C(C)[C@@H]3C2)C1OC. The van der Waals surface area contributed by atoms with Crippen LogP contribution < -0.4 is 0 Å². The fraction of sp³-hybridized carbons (Fsp3) is 0.860. The molecule has 0 bridgehead atoms. The highest BCUT2D eigenvalue weighted by molar-refractivity contribution is 5.99. The van der Waals surface area contributed by atoms with Crippen LogP contribution >= 0.6 is 0 Å². The number of hydrogen-bond acceptors (Lipinski definition) is 11. The standard InChI is InChI=1S/C43H69NO10/c1-11-27-14-13-15-36(54-38-17-16-35(44(7)8)25(5)50-38)24(4)39(46)34-21-32-30(33(34)22-37(45)52-27)18-23(3)29-19-28(20-31(29)32)53-43-42(48-10)41(49-12-2)40(47-9)26(6)51-43/h18,21,24-33,35-36,38,40-43H,11-17,19-20,22H2,1-10H3/t24-,25?,26?,27+,28-,29+,30-,31-,32-,33+,35?,36+,38?,40?,41?,42?,43?/m1/s1. The van der Waals surface area contributed by atoms with Gasteiger partial charge < -0.3 is 42.8 Å². The van der Waals surface area contributed by atoms with Gasteiger partial charge in [-0.15, -0.1) is 0 Å². The summed E-state index contributed by atoms with van der Waals surface area (Å²) in [4.78, 5) is 30.6. The molecule has 4 fully saturated rings. The van der Waals surface area contributed by atoms with E-state index in [9.17, 15) is 9.59 Å². The van der Waals surface area contributed by atoms with Gasteiger partial charge in [0, 0.05) is 38.7 Å². The van der Waals surface area contributed by atoms with E-state index in [4.69, 9.17) is 37.9 Å². The van der Waals surface area contributed by atoms with Crippen molar-refractivity contribution in [3.63, 3.8) is 0 Å². The highest BCUT2D eigenvalue weighted by atomic mass is 16.7. The molecular weight excluding hydrogens is 690 g/mol. The van der Waals surface area contributed by atoms with Crippen molar-refractivity contribution in [2.45, 2.75) is 167 Å². The molecule has 0 aromatic carbocycles. The molecule has 1 saturated carbocycles. The predicted molar refractivity (Wildman–Crippen MR) is 203 cm³/mol. The average Bonchev–Trinajstić information content (AvgIpc) is 3.71. The summed E-state index contributed by atoms with van der Waals surface area (Å²) >= 11 is 0. The maximum absolute atomic E-state index is 14.8. The van der Waals surface area contributed by atoms with Gasteiger partial charge in [0.1, 0.15) is 24.4 Å². The number of ketones is 1. The maximum Gasteiger partial charge on any atom is 0.306 e. The van der Waals surface area contributed by atoms with Crippen LogP contribution in [0.1, 0.15) is 99.3 Å². The lowest BCUT2D eigenvalue weighted by Gasteiger charge is -2.44. The number of Topliss-reactive ketones (excluding diaryl/α,β-unsaturated/α-hetero) is 1. The van der Waals surface area contributed by atoms with Gasteiger partial charge >= 0.3 is 5.97 Å². The molecule has 3 aliphatic carbocycles. The fourth-order valence-electron chi connectivity index (χ4n) is 10.9. The zero-order valence-electron chi connectivity index (χ0n) is 34.6. The largest absolute Gasteiger partial charge is 0.462 e. The van der Waals surface area contributed by atoms with Crippen LogP contribution in [0, 0.1) is 35.5 Å². The Bertz CT molecular complexity index is 1350. The molecule has 306 valence electrons. The molecule has 3 heterocycles. The van der Waals surface area contributed by atoms with Crippen LogP contribution in [-0.4, -0.2) is 119 Å². The van der Waals surface area contributed by atoms with Gasteiger partial charge in [-0.25, -0.2) is 0 Å². The number of cyclic esters (lactones) is 1. The molecule has 11 nitrogen and oxygen atoms in total. The summed E-state index contributed by atoms with van der Waals surface area (Å²) in [5, 5.41) is 0. The lowest BCUT2D eigenvalue weighted by atomic mass is 9.67. The van der Waals surface area contributed by atoms with Crippen molar-refractivity contribution in [1.82, 2.24) is 4.90 Å². The van der Waals surface area contributed by atoms with Gasteiger partial charge in [-0.3, -0.25) is 9.59 Å². The number of ether oxygens (including phenoxy) is 8. The topological polar surface area (TPSA) is 111 Å². The van der Waals surface area contributed by atoms with E-state index in [1.807, 2.05) is 20.8 Å². The summed E-state index contributed by atoms with van der Waals surface area (Å²) in [6.07, 6.45) is 8.61. The van der Waals surface area contributed by atoms with Crippen LogP contribution in [0.25, 0.3) is 0 Å². The third-order valence-corrected chi connectivity index (χ3v) is 13.7. The molecule has 0 N–H and O–H groups in total. The van der Waals surface area contributed by atoms with E-state index >= 15 is 0 Å². The van der Waals surface area contributed by atoms with Crippen LogP contribution in [0.3, 0.4) is 0 Å². The molecule has 54 heavy (non-hydrogen) atoms. The zero-order chi connectivity index (χ0) is 38.8. The minimum absolute atomic E-state index is 0.0361. The van der Waals surface area contributed by atoms with Gasteiger partial charge in [-0.2, -0.15) is 0 Å². The maximum atomic E-state index is 14.8. The van der Waals surface area contributed by atoms with Crippen molar-refractivity contribution in [1.29, 1.82) is 0 Å². The van der Waals surface area contributed by atoms with Crippen LogP contribution in [0.5, 0.6) is 0 Å². The quantitative estimate of drug-likeness (QED) is 0.186. The summed E-state index contributed by atoms with van der Waals surface area (Å²) in [6.45, 7) is 12.9. The second kappa shape index (κ2) is 18.3. The predicted octanol–water partition coefficient (Wildman–Crippen LogP) is 6.27. The Kier molecular flexibility index (Phi) is 14.2. The minimum Gasteiger partial charge on any atom is -0.462 e. The molecule has 3 aliphatic heterocycles. The fourth-order valence-corrected chi connectivity index (χ4v) is 10.9. The Labute approximate surface area is 324 Å². The normalized spacial score (nSPS) is 44.7. The Morgan fingerprint density at radius 3 is 2.26 bits per heavy atom. The first-order valence-electron chi connectivity index (χ1n) is 21.0. The summed E-state index contributed by atoms with van der Waals surface area (Å²) in [6, 6.07) is 0.337. The first-order chi connectivity index (χ1) is 25.9. The van der Waals surface area contributed by atoms with Crippen molar-refractivity contribution in [3.8, 4) is 0 Å². The van der Waals surface area contributed by atoms with Crippen LogP contribution in [0.4, 0.5) is 0 Å². The Morgan fingerprint density at radius 1 is 0.833 bits per heavy atom. The lowest BCUT2D eigenvalue weighted by molar-refractivity contribution is -0.317. The molecule has 17 atom stereocenters. The Balaban J connectivity index is 1.23. The molecule has 0 aromatic rings. The first-order valence-corrected chi connectivity index (χ1v) is 21.0. The van der Waals surface area contributed by atoms with Crippen molar-refractivity contribution < 1.29 is 47.5 Å². The number of methoxy groups -OCH3 is 2. The second-order valence-electron chi connectivity index (χ2n) is 17.2. The van der Waals surface area contributed by atoms with E-state index in [-0.39, 0.29) is 96.8 Å². The molecule has 6 aliphatic rings. The third-order valence-electron chi connectivity index (χ3n) is 13.7. The number of carbonyl (C=O) groups excluding carboxylic acids is 2. The summed E-state index contributed by atoms with van der Waals surface area (Å²) < 4.78 is 50.3. The lowest BCUT2D eigenvalue weighted by Crippen LogP contribution is -2.60. The third kappa shape index (κ3) is 8.74. The molecule has 3 saturated heterocycles. The van der Waals surface area contributed by atoms with E-state index in [2.05, 4.69) is 51.9 Å². The van der Waals surface area contributed by atoms with Crippen molar-refractivity contribution >= 4 is 11.8 Å². The van der Waals surface area contributed by atoms with Gasteiger partial charge in [0.15, 0.2) is 18.4 Å². The second-order valence-corrected chi connectivity index (χ2v) is 17.2. The highest BCUT2D eigenvalue weighted by Crippen LogP contribution is 2.56. The number of hydrogen-bond donors (Lipinski definition) is 0. The number of rotatable bonds is 10. The number of esters is 1. The molecule has 0 amide bonds. The van der Waals surface area contributed by atoms with Crippen molar-refractivity contribution in [2.24, 2.45) is 35.5 Å². The molecule has 11 heteroatoms. The monoisotopic (exact) mass is 759 g/mol. The van der Waals surface area contributed by atoms with E-state index in [0.717, 1.165) is 50.5 Å². The van der Waals surface area contributed by atoms with Gasteiger partial charge in [0.05, 0.1) is 30.8 Å². The summed E-state index contributed by atoms with van der Waals surface area (Å²) in [5.41, 5.74) is 2.08. The minimum atomic E-state index is -0.597. The van der Waals surface area contributed by atoms with Gasteiger partial charge in [0.25, 0.3) is 0 Å². The van der Waals surface area contributed by atoms with Gasteiger partial charge in [-0.05, 0) is 122 Å². The zero-order valence-corrected chi connectivity index (χ0v) is 34.6. The van der Waals surface area contributed by atoms with Gasteiger partial charge in [0.2, 0.25) is 0 Å². The number of nitrogens with zero attached hydrogens (tertiary/aromatic N) is 1. The van der Waals surface area contributed by atoms with E-state index in [1.54, 1.807) is 14.2 Å². The molecule has 0 spiro atoms. The number of likely N-dealkylation sites (N-methyl/N-ethyl adjacent to an activating group) is 1.